The highest BCUT2D eigenvalue weighted by molar-refractivity contribution is 6.33. The van der Waals surface area contributed by atoms with Gasteiger partial charge in [-0.05, 0) is 24.6 Å². The summed E-state index contributed by atoms with van der Waals surface area (Å²) in [6.07, 6.45) is 0. The van der Waals surface area contributed by atoms with Crippen molar-refractivity contribution in [3.63, 3.8) is 0 Å². The van der Waals surface area contributed by atoms with Gasteiger partial charge in [-0.15, -0.1) is 0 Å². The Morgan fingerprint density at radius 1 is 0.939 bits per heavy atom. The molecule has 3 aromatic carbocycles. The quantitative estimate of drug-likeness (QED) is 0.220. The van der Waals surface area contributed by atoms with Crippen LogP contribution in [0, 0.1) is 20.2 Å². The van der Waals surface area contributed by atoms with Gasteiger partial charge in [0.1, 0.15) is 12.4 Å². The van der Waals surface area contributed by atoms with Gasteiger partial charge in [0, 0.05) is 12.1 Å². The lowest BCUT2D eigenvalue weighted by Crippen LogP contribution is -2.07. The SMILES string of the molecule is CCOC(=O)c1cc([N+](=O)[O-])c(Oc2ccc(OCc3ccccc3)cc2[N+](=O)[O-])cc1Cl. The fourth-order valence-electron chi connectivity index (χ4n) is 2.81. The molecule has 3 aromatic rings. The van der Waals surface area contributed by atoms with Crippen LogP contribution in [0.25, 0.3) is 0 Å². The van der Waals surface area contributed by atoms with E-state index in [0.29, 0.717) is 0 Å². The molecule has 0 amide bonds. The molecule has 0 aliphatic rings. The number of rotatable bonds is 9. The van der Waals surface area contributed by atoms with Gasteiger partial charge in [-0.3, -0.25) is 20.2 Å². The number of nitro benzene ring substituents is 2. The second-order valence-corrected chi connectivity index (χ2v) is 6.95. The van der Waals surface area contributed by atoms with Crippen LogP contribution in [-0.2, 0) is 11.3 Å². The Labute approximate surface area is 192 Å². The van der Waals surface area contributed by atoms with Crippen LogP contribution < -0.4 is 9.47 Å². The number of hydrogen-bond donors (Lipinski definition) is 0. The molecule has 0 N–H and O–H groups in total. The van der Waals surface area contributed by atoms with E-state index in [9.17, 15) is 25.0 Å². The number of ether oxygens (including phenoxy) is 3. The molecular formula is C22H17ClN2O8. The minimum atomic E-state index is -0.844. The van der Waals surface area contributed by atoms with Crippen LogP contribution in [0.4, 0.5) is 11.4 Å². The van der Waals surface area contributed by atoms with E-state index in [-0.39, 0.29) is 41.0 Å². The largest absolute Gasteiger partial charge is 0.489 e. The Hall–Kier alpha value is -4.18. The number of carbonyl (C=O) groups is 1. The van der Waals surface area contributed by atoms with Gasteiger partial charge in [-0.1, -0.05) is 41.9 Å². The van der Waals surface area contributed by atoms with Crippen LogP contribution in [0.3, 0.4) is 0 Å². The average molecular weight is 473 g/mol. The van der Waals surface area contributed by atoms with Crippen LogP contribution in [-0.4, -0.2) is 22.4 Å². The molecule has 33 heavy (non-hydrogen) atoms. The number of hydrogen-bond acceptors (Lipinski definition) is 8. The predicted octanol–water partition coefficient (Wildman–Crippen LogP) is 5.70. The predicted molar refractivity (Wildman–Crippen MR) is 118 cm³/mol. The van der Waals surface area contributed by atoms with Gasteiger partial charge in [0.2, 0.25) is 11.5 Å². The second-order valence-electron chi connectivity index (χ2n) is 6.54. The molecule has 10 nitrogen and oxygen atoms in total. The van der Waals surface area contributed by atoms with Gasteiger partial charge in [-0.25, -0.2) is 4.79 Å². The first-order valence-corrected chi connectivity index (χ1v) is 9.96. The molecule has 0 aromatic heterocycles. The standard InChI is InChI=1S/C22H17ClN2O8/c1-2-31-22(26)16-11-19(25(29)30)21(12-17(16)23)33-20-9-8-15(10-18(20)24(27)28)32-13-14-6-4-3-5-7-14/h3-12H,2,13H2,1H3. The van der Waals surface area contributed by atoms with Gasteiger partial charge in [0.05, 0.1) is 33.1 Å². The molecule has 0 aliphatic heterocycles. The van der Waals surface area contributed by atoms with E-state index in [1.165, 1.54) is 12.1 Å². The normalized spacial score (nSPS) is 10.4. The lowest BCUT2D eigenvalue weighted by Gasteiger charge is -2.11. The van der Waals surface area contributed by atoms with Crippen LogP contribution in [0.15, 0.2) is 60.7 Å². The third-order valence-corrected chi connectivity index (χ3v) is 4.65. The summed E-state index contributed by atoms with van der Waals surface area (Å²) in [4.78, 5) is 33.6. The molecule has 3 rings (SSSR count). The van der Waals surface area contributed by atoms with Crippen molar-refractivity contribution in [1.29, 1.82) is 0 Å². The highest BCUT2D eigenvalue weighted by atomic mass is 35.5. The molecule has 0 aliphatic carbocycles. The zero-order valence-electron chi connectivity index (χ0n) is 17.2. The maximum atomic E-state index is 12.0. The summed E-state index contributed by atoms with van der Waals surface area (Å²) in [5.41, 5.74) is -0.439. The Balaban J connectivity index is 1.91. The summed E-state index contributed by atoms with van der Waals surface area (Å²) in [7, 11) is 0. The molecule has 0 fully saturated rings. The van der Waals surface area contributed by atoms with E-state index in [0.717, 1.165) is 23.8 Å². The van der Waals surface area contributed by atoms with Crippen molar-refractivity contribution >= 4 is 28.9 Å². The van der Waals surface area contributed by atoms with E-state index in [4.69, 9.17) is 25.8 Å². The number of esters is 1. The van der Waals surface area contributed by atoms with E-state index < -0.39 is 27.2 Å². The van der Waals surface area contributed by atoms with Gasteiger partial charge < -0.3 is 14.2 Å². The van der Waals surface area contributed by atoms with Crippen molar-refractivity contribution in [3.8, 4) is 17.2 Å². The summed E-state index contributed by atoms with van der Waals surface area (Å²) < 4.78 is 15.9. The maximum absolute atomic E-state index is 12.0. The topological polar surface area (TPSA) is 131 Å². The van der Waals surface area contributed by atoms with E-state index in [1.807, 2.05) is 30.3 Å². The van der Waals surface area contributed by atoms with Crippen molar-refractivity contribution in [1.82, 2.24) is 0 Å². The highest BCUT2D eigenvalue weighted by Crippen LogP contribution is 2.40. The molecule has 0 unspecified atom stereocenters. The van der Waals surface area contributed by atoms with Crippen molar-refractivity contribution < 1.29 is 28.9 Å². The molecule has 170 valence electrons. The first kappa shape index (κ1) is 23.5. The lowest BCUT2D eigenvalue weighted by atomic mass is 10.2. The summed E-state index contributed by atoms with van der Waals surface area (Å²) >= 11 is 6.07. The van der Waals surface area contributed by atoms with Crippen molar-refractivity contribution in [2.24, 2.45) is 0 Å². The molecule has 11 heteroatoms. The van der Waals surface area contributed by atoms with E-state index in [1.54, 1.807) is 6.92 Å². The Bertz CT molecular complexity index is 1200. The number of nitrogens with zero attached hydrogens (tertiary/aromatic N) is 2. The van der Waals surface area contributed by atoms with Crippen molar-refractivity contribution in [3.05, 3.63) is 97.0 Å². The third-order valence-electron chi connectivity index (χ3n) is 4.34. The first-order valence-electron chi connectivity index (χ1n) is 9.58. The minimum Gasteiger partial charge on any atom is -0.489 e. The molecule has 0 saturated carbocycles. The summed E-state index contributed by atoms with van der Waals surface area (Å²) in [5, 5.41) is 22.9. The van der Waals surface area contributed by atoms with Gasteiger partial charge in [0.15, 0.2) is 0 Å². The molecule has 0 heterocycles. The molecule has 0 radical (unpaired) electrons. The monoisotopic (exact) mass is 472 g/mol. The molecule has 0 spiro atoms. The molecule has 0 saturated heterocycles. The van der Waals surface area contributed by atoms with Crippen LogP contribution >= 0.6 is 11.6 Å². The number of benzene rings is 3. The zero-order chi connectivity index (χ0) is 24.0. The van der Waals surface area contributed by atoms with Crippen LogP contribution in [0.2, 0.25) is 5.02 Å². The molecule has 0 atom stereocenters. The third kappa shape index (κ3) is 5.74. The summed E-state index contributed by atoms with van der Waals surface area (Å²) in [6.45, 7) is 1.81. The summed E-state index contributed by atoms with van der Waals surface area (Å²) in [6, 6.07) is 15.0. The average Bonchev–Trinajstić information content (AvgIpc) is 2.79. The first-order chi connectivity index (χ1) is 15.8. The Kier molecular flexibility index (Phi) is 7.42. The van der Waals surface area contributed by atoms with E-state index in [2.05, 4.69) is 0 Å². The number of carbonyl (C=O) groups excluding carboxylic acids is 1. The number of nitro groups is 2. The van der Waals surface area contributed by atoms with Crippen LogP contribution in [0.5, 0.6) is 17.2 Å². The van der Waals surface area contributed by atoms with Crippen LogP contribution in [0.1, 0.15) is 22.8 Å². The molecular weight excluding hydrogens is 456 g/mol. The van der Waals surface area contributed by atoms with Gasteiger partial charge in [0.25, 0.3) is 0 Å². The maximum Gasteiger partial charge on any atom is 0.339 e. The van der Waals surface area contributed by atoms with Crippen molar-refractivity contribution in [2.75, 3.05) is 6.61 Å². The fourth-order valence-corrected chi connectivity index (χ4v) is 3.04. The Morgan fingerprint density at radius 3 is 2.24 bits per heavy atom. The fraction of sp³-hybridized carbons (Fsp3) is 0.136. The zero-order valence-corrected chi connectivity index (χ0v) is 18.0. The number of halogens is 1. The Morgan fingerprint density at radius 2 is 1.61 bits per heavy atom. The van der Waals surface area contributed by atoms with Crippen molar-refractivity contribution in [2.45, 2.75) is 13.5 Å². The minimum absolute atomic E-state index is 0.0477. The highest BCUT2D eigenvalue weighted by Gasteiger charge is 2.26. The summed E-state index contributed by atoms with van der Waals surface area (Å²) in [5.74, 6) is -1.28. The van der Waals surface area contributed by atoms with Gasteiger partial charge in [-0.2, -0.15) is 0 Å². The van der Waals surface area contributed by atoms with E-state index >= 15 is 0 Å². The lowest BCUT2D eigenvalue weighted by molar-refractivity contribution is -0.387. The van der Waals surface area contributed by atoms with Gasteiger partial charge >= 0.3 is 17.3 Å². The smallest absolute Gasteiger partial charge is 0.339 e. The second kappa shape index (κ2) is 10.4. The molecule has 0 bridgehead atoms.